The molecule has 0 atom stereocenters. The summed E-state index contributed by atoms with van der Waals surface area (Å²) >= 11 is 0. The lowest BCUT2D eigenvalue weighted by atomic mass is 10.1. The molecule has 6 nitrogen and oxygen atoms in total. The minimum absolute atomic E-state index is 0.121. The molecule has 0 bridgehead atoms. The molecule has 0 saturated carbocycles. The number of amides is 2. The van der Waals surface area contributed by atoms with Gasteiger partial charge in [-0.15, -0.1) is 0 Å². The van der Waals surface area contributed by atoms with Gasteiger partial charge in [0, 0.05) is 30.9 Å². The van der Waals surface area contributed by atoms with Crippen LogP contribution in [0.1, 0.15) is 20.7 Å². The summed E-state index contributed by atoms with van der Waals surface area (Å²) in [5.74, 6) is 0.774. The lowest BCUT2D eigenvalue weighted by Gasteiger charge is -2.12. The second-order valence-corrected chi connectivity index (χ2v) is 5.30. The number of carbonyl (C=O) groups is 2. The third kappa shape index (κ3) is 3.11. The molecule has 6 heteroatoms. The topological polar surface area (TPSA) is 67.9 Å². The summed E-state index contributed by atoms with van der Waals surface area (Å²) in [6.45, 7) is 0.162. The fourth-order valence-electron chi connectivity index (χ4n) is 2.23. The molecule has 0 spiro atoms. The predicted octanol–water partition coefficient (Wildman–Crippen LogP) is 2.37. The van der Waals surface area contributed by atoms with E-state index in [2.05, 4.69) is 5.32 Å². The highest BCUT2D eigenvalue weighted by atomic mass is 16.7. The van der Waals surface area contributed by atoms with Gasteiger partial charge < -0.3 is 19.7 Å². The summed E-state index contributed by atoms with van der Waals surface area (Å²) < 4.78 is 10.5. The van der Waals surface area contributed by atoms with Crippen LogP contribution in [0.5, 0.6) is 11.5 Å². The molecule has 0 aromatic heterocycles. The van der Waals surface area contributed by atoms with Crippen molar-refractivity contribution in [2.24, 2.45) is 0 Å². The van der Waals surface area contributed by atoms with Gasteiger partial charge in [0.1, 0.15) is 0 Å². The normalized spacial score (nSPS) is 11.9. The summed E-state index contributed by atoms with van der Waals surface area (Å²) in [7, 11) is 3.36. The molecule has 118 valence electrons. The standard InChI is InChI=1S/C17H16N2O4/c1-19(2)17(21)12-4-3-5-13(8-12)18-16(20)11-6-7-14-15(9-11)23-10-22-14/h3-9H,10H2,1-2H3,(H,18,20). The summed E-state index contributed by atoms with van der Waals surface area (Å²) in [6.07, 6.45) is 0. The van der Waals surface area contributed by atoms with Crippen LogP contribution < -0.4 is 14.8 Å². The van der Waals surface area contributed by atoms with Crippen LogP contribution in [0.4, 0.5) is 5.69 Å². The molecular weight excluding hydrogens is 296 g/mol. The minimum Gasteiger partial charge on any atom is -0.454 e. The fraction of sp³-hybridized carbons (Fsp3) is 0.176. The molecule has 0 radical (unpaired) electrons. The Hall–Kier alpha value is -3.02. The molecule has 0 aliphatic carbocycles. The Bertz CT molecular complexity index is 771. The number of hydrogen-bond donors (Lipinski definition) is 1. The van der Waals surface area contributed by atoms with Gasteiger partial charge in [-0.2, -0.15) is 0 Å². The largest absolute Gasteiger partial charge is 0.454 e. The molecule has 0 saturated heterocycles. The molecular formula is C17H16N2O4. The second-order valence-electron chi connectivity index (χ2n) is 5.30. The second kappa shape index (κ2) is 6.00. The molecule has 1 aliphatic heterocycles. The lowest BCUT2D eigenvalue weighted by Crippen LogP contribution is -2.21. The quantitative estimate of drug-likeness (QED) is 0.945. The highest BCUT2D eigenvalue weighted by Gasteiger charge is 2.16. The van der Waals surface area contributed by atoms with Crippen LogP contribution in [0.15, 0.2) is 42.5 Å². The third-order valence-electron chi connectivity index (χ3n) is 3.41. The SMILES string of the molecule is CN(C)C(=O)c1cccc(NC(=O)c2ccc3c(c2)OCO3)c1. The van der Waals surface area contributed by atoms with E-state index in [1.165, 1.54) is 4.90 Å². The first kappa shape index (κ1) is 14.9. The minimum atomic E-state index is -0.280. The molecule has 1 aliphatic rings. The van der Waals surface area contributed by atoms with E-state index < -0.39 is 0 Å². The van der Waals surface area contributed by atoms with Gasteiger partial charge in [0.25, 0.3) is 11.8 Å². The molecule has 2 amide bonds. The number of carbonyl (C=O) groups excluding carboxylic acids is 2. The molecule has 1 N–H and O–H groups in total. The van der Waals surface area contributed by atoms with Crippen molar-refractivity contribution in [1.82, 2.24) is 4.90 Å². The number of ether oxygens (including phenoxy) is 2. The molecule has 3 rings (SSSR count). The number of rotatable bonds is 3. The van der Waals surface area contributed by atoms with Crippen LogP contribution in [-0.2, 0) is 0 Å². The number of benzene rings is 2. The van der Waals surface area contributed by atoms with E-state index in [0.717, 1.165) is 0 Å². The lowest BCUT2D eigenvalue weighted by molar-refractivity contribution is 0.0827. The van der Waals surface area contributed by atoms with Gasteiger partial charge >= 0.3 is 0 Å². The van der Waals surface area contributed by atoms with Crippen molar-refractivity contribution in [2.75, 3.05) is 26.2 Å². The van der Waals surface area contributed by atoms with Crippen molar-refractivity contribution in [2.45, 2.75) is 0 Å². The zero-order chi connectivity index (χ0) is 16.4. The Morgan fingerprint density at radius 2 is 1.78 bits per heavy atom. The van der Waals surface area contributed by atoms with E-state index in [1.54, 1.807) is 56.6 Å². The number of anilines is 1. The summed E-state index contributed by atoms with van der Waals surface area (Å²) in [4.78, 5) is 25.8. The summed E-state index contributed by atoms with van der Waals surface area (Å²) in [6, 6.07) is 11.8. The number of hydrogen-bond acceptors (Lipinski definition) is 4. The summed E-state index contributed by atoms with van der Waals surface area (Å²) in [5.41, 5.74) is 1.53. The third-order valence-corrected chi connectivity index (χ3v) is 3.41. The zero-order valence-electron chi connectivity index (χ0n) is 12.8. The number of nitrogens with zero attached hydrogens (tertiary/aromatic N) is 1. The molecule has 1 heterocycles. The molecule has 2 aromatic rings. The number of nitrogens with one attached hydrogen (secondary N) is 1. The first-order valence-corrected chi connectivity index (χ1v) is 7.07. The average Bonchev–Trinajstić information content (AvgIpc) is 3.01. The van der Waals surface area contributed by atoms with Crippen molar-refractivity contribution in [3.8, 4) is 11.5 Å². The molecule has 23 heavy (non-hydrogen) atoms. The predicted molar refractivity (Wildman–Crippen MR) is 85.0 cm³/mol. The smallest absolute Gasteiger partial charge is 0.255 e. The van der Waals surface area contributed by atoms with E-state index in [0.29, 0.717) is 28.3 Å². The van der Waals surface area contributed by atoms with Gasteiger partial charge in [-0.05, 0) is 36.4 Å². The van der Waals surface area contributed by atoms with E-state index in [1.807, 2.05) is 0 Å². The molecule has 2 aromatic carbocycles. The zero-order valence-corrected chi connectivity index (χ0v) is 12.8. The Morgan fingerprint density at radius 1 is 1.00 bits per heavy atom. The number of fused-ring (bicyclic) bond motifs is 1. The fourth-order valence-corrected chi connectivity index (χ4v) is 2.23. The van der Waals surface area contributed by atoms with Gasteiger partial charge in [0.2, 0.25) is 6.79 Å². The maximum atomic E-state index is 12.3. The van der Waals surface area contributed by atoms with Crippen LogP contribution in [0, 0.1) is 0 Å². The van der Waals surface area contributed by atoms with E-state index in [-0.39, 0.29) is 18.6 Å². The van der Waals surface area contributed by atoms with E-state index >= 15 is 0 Å². The van der Waals surface area contributed by atoms with Crippen LogP contribution in [0.3, 0.4) is 0 Å². The van der Waals surface area contributed by atoms with Gasteiger partial charge in [-0.3, -0.25) is 9.59 Å². The van der Waals surface area contributed by atoms with Gasteiger partial charge in [0.05, 0.1) is 0 Å². The summed E-state index contributed by atoms with van der Waals surface area (Å²) in [5, 5.41) is 2.78. The van der Waals surface area contributed by atoms with Crippen LogP contribution in [-0.4, -0.2) is 37.6 Å². The van der Waals surface area contributed by atoms with Gasteiger partial charge in [-0.1, -0.05) is 6.07 Å². The van der Waals surface area contributed by atoms with Crippen molar-refractivity contribution < 1.29 is 19.1 Å². The Balaban J connectivity index is 1.78. The average molecular weight is 312 g/mol. The first-order valence-electron chi connectivity index (χ1n) is 7.07. The molecule has 0 fully saturated rings. The van der Waals surface area contributed by atoms with Crippen LogP contribution >= 0.6 is 0 Å². The molecule has 0 unspecified atom stereocenters. The van der Waals surface area contributed by atoms with Crippen molar-refractivity contribution >= 4 is 17.5 Å². The first-order chi connectivity index (χ1) is 11.0. The van der Waals surface area contributed by atoms with Crippen molar-refractivity contribution in [3.05, 3.63) is 53.6 Å². The van der Waals surface area contributed by atoms with E-state index in [9.17, 15) is 9.59 Å². The highest BCUT2D eigenvalue weighted by Crippen LogP contribution is 2.32. The maximum absolute atomic E-state index is 12.3. The highest BCUT2D eigenvalue weighted by molar-refractivity contribution is 6.05. The van der Waals surface area contributed by atoms with Crippen LogP contribution in [0.2, 0.25) is 0 Å². The Morgan fingerprint density at radius 3 is 2.57 bits per heavy atom. The monoisotopic (exact) mass is 312 g/mol. The van der Waals surface area contributed by atoms with Crippen LogP contribution in [0.25, 0.3) is 0 Å². The Labute approximate surface area is 133 Å². The van der Waals surface area contributed by atoms with E-state index in [4.69, 9.17) is 9.47 Å². The Kier molecular flexibility index (Phi) is 3.89. The maximum Gasteiger partial charge on any atom is 0.255 e. The van der Waals surface area contributed by atoms with Crippen molar-refractivity contribution in [3.63, 3.8) is 0 Å². The van der Waals surface area contributed by atoms with Gasteiger partial charge in [0.15, 0.2) is 11.5 Å². The van der Waals surface area contributed by atoms with Crippen molar-refractivity contribution in [1.29, 1.82) is 0 Å². The van der Waals surface area contributed by atoms with Gasteiger partial charge in [-0.25, -0.2) is 0 Å².